The summed E-state index contributed by atoms with van der Waals surface area (Å²) in [6.07, 6.45) is -2.19. The van der Waals surface area contributed by atoms with Crippen molar-refractivity contribution in [2.24, 2.45) is 7.05 Å². The molecule has 1 atom stereocenters. The molecular formula is C28H30F3N5O3. The van der Waals surface area contributed by atoms with Crippen LogP contribution in [-0.2, 0) is 22.2 Å². The number of anilines is 1. The van der Waals surface area contributed by atoms with Gasteiger partial charge in [-0.15, -0.1) is 0 Å². The number of pyridine rings is 2. The third-order valence-electron chi connectivity index (χ3n) is 7.67. The predicted molar refractivity (Wildman–Crippen MR) is 140 cm³/mol. The Labute approximate surface area is 224 Å². The molecule has 206 valence electrons. The van der Waals surface area contributed by atoms with Crippen molar-refractivity contribution >= 4 is 22.6 Å². The van der Waals surface area contributed by atoms with Crippen molar-refractivity contribution in [2.75, 3.05) is 25.5 Å². The van der Waals surface area contributed by atoms with Crippen LogP contribution in [0, 0.1) is 24.1 Å². The predicted octanol–water partition coefficient (Wildman–Crippen LogP) is 4.85. The second-order valence-corrected chi connectivity index (χ2v) is 9.84. The van der Waals surface area contributed by atoms with Gasteiger partial charge >= 0.3 is 0 Å². The number of hydrogen-bond donors (Lipinski definition) is 1. The number of rotatable bonds is 6. The number of hydrogen-bond acceptors (Lipinski definition) is 6. The van der Waals surface area contributed by atoms with E-state index >= 15 is 0 Å². The van der Waals surface area contributed by atoms with Crippen LogP contribution in [0.15, 0.2) is 29.1 Å². The van der Waals surface area contributed by atoms with E-state index in [-0.39, 0.29) is 28.4 Å². The fourth-order valence-electron chi connectivity index (χ4n) is 5.37. The molecule has 1 saturated heterocycles. The Hall–Kier alpha value is -3.91. The van der Waals surface area contributed by atoms with Gasteiger partial charge in [0.1, 0.15) is 23.3 Å². The van der Waals surface area contributed by atoms with Crippen LogP contribution in [-0.4, -0.2) is 40.6 Å². The fourth-order valence-corrected chi connectivity index (χ4v) is 5.37. The Morgan fingerprint density at radius 2 is 1.90 bits per heavy atom. The third-order valence-corrected chi connectivity index (χ3v) is 7.67. The van der Waals surface area contributed by atoms with Crippen LogP contribution in [0.1, 0.15) is 67.1 Å². The third kappa shape index (κ3) is 4.85. The Kier molecular flexibility index (Phi) is 7.70. The Morgan fingerprint density at radius 3 is 2.46 bits per heavy atom. The highest BCUT2D eigenvalue weighted by atomic mass is 19.3. The van der Waals surface area contributed by atoms with Gasteiger partial charge in [-0.1, -0.05) is 18.2 Å². The van der Waals surface area contributed by atoms with E-state index in [1.54, 1.807) is 31.9 Å². The lowest BCUT2D eigenvalue weighted by atomic mass is 9.84. The molecule has 1 amide bonds. The number of methoxy groups -OCH3 is 1. The molecule has 2 aromatic heterocycles. The summed E-state index contributed by atoms with van der Waals surface area (Å²) in [6, 6.07) is 6.81. The van der Waals surface area contributed by atoms with Gasteiger partial charge in [0.25, 0.3) is 12.0 Å². The Morgan fingerprint density at radius 1 is 1.26 bits per heavy atom. The van der Waals surface area contributed by atoms with Gasteiger partial charge in [0, 0.05) is 45.1 Å². The molecule has 1 aliphatic heterocycles. The summed E-state index contributed by atoms with van der Waals surface area (Å²) < 4.78 is 48.9. The normalized spacial score (nSPS) is 15.8. The zero-order valence-electron chi connectivity index (χ0n) is 22.4. The molecule has 1 N–H and O–H groups in total. The van der Waals surface area contributed by atoms with Gasteiger partial charge < -0.3 is 19.5 Å². The number of aromatic nitrogens is 2. The first-order valence-corrected chi connectivity index (χ1v) is 12.5. The van der Waals surface area contributed by atoms with E-state index in [0.717, 1.165) is 6.07 Å². The van der Waals surface area contributed by atoms with Gasteiger partial charge in [-0.05, 0) is 32.8 Å². The van der Waals surface area contributed by atoms with E-state index in [4.69, 9.17) is 4.74 Å². The van der Waals surface area contributed by atoms with Crippen molar-refractivity contribution in [1.82, 2.24) is 14.5 Å². The van der Waals surface area contributed by atoms with E-state index in [9.17, 15) is 28.0 Å². The smallest absolute Gasteiger partial charge is 0.266 e. The first kappa shape index (κ1) is 28.1. The molecule has 3 heterocycles. The van der Waals surface area contributed by atoms with Crippen LogP contribution in [0.25, 0.3) is 10.9 Å². The quantitative estimate of drug-likeness (QED) is 0.479. The number of carbonyl (C=O) groups is 1. The number of nitriles is 1. The number of amides is 1. The number of halogens is 3. The summed E-state index contributed by atoms with van der Waals surface area (Å²) in [7, 11) is 3.07. The second-order valence-electron chi connectivity index (χ2n) is 9.84. The fraction of sp³-hybridized carbons (Fsp3) is 0.429. The van der Waals surface area contributed by atoms with E-state index in [0.29, 0.717) is 48.1 Å². The molecule has 1 fully saturated rings. The lowest BCUT2D eigenvalue weighted by molar-refractivity contribution is -0.135. The molecule has 0 radical (unpaired) electrons. The van der Waals surface area contributed by atoms with Gasteiger partial charge in [0.15, 0.2) is 0 Å². The lowest BCUT2D eigenvalue weighted by Crippen LogP contribution is -2.48. The van der Waals surface area contributed by atoms with Crippen molar-refractivity contribution < 1.29 is 22.7 Å². The first-order chi connectivity index (χ1) is 18.5. The van der Waals surface area contributed by atoms with Crippen molar-refractivity contribution in [1.29, 1.82) is 5.26 Å². The molecule has 0 aliphatic carbocycles. The maximum absolute atomic E-state index is 14.9. The zero-order chi connectivity index (χ0) is 28.6. The van der Waals surface area contributed by atoms with Crippen molar-refractivity contribution in [3.05, 3.63) is 68.4 Å². The number of fused-ring (bicyclic) bond motifs is 1. The number of carbonyl (C=O) groups excluding carboxylic acids is 1. The summed E-state index contributed by atoms with van der Waals surface area (Å²) in [5, 5.41) is 13.4. The molecule has 1 aromatic carbocycles. The topological polar surface area (TPSA) is 100 Å². The number of likely N-dealkylation sites (tertiary alicyclic amines) is 1. The summed E-state index contributed by atoms with van der Waals surface area (Å²) in [4.78, 5) is 31.8. The van der Waals surface area contributed by atoms with Gasteiger partial charge in [0.05, 0.1) is 33.9 Å². The number of nitrogens with zero attached hydrogens (tertiary/aromatic N) is 4. The molecule has 11 heteroatoms. The monoisotopic (exact) mass is 541 g/mol. The standard InChI is InChI=1S/C28H30F3N5O3/c1-15(18-7-6-8-19(23(18)29)25(30)31)33-26-20-13-22(28(39-5)9-11-36(12-10-28)17(3)37)27(38)35(4)24(20)21(14-32)16(2)34-26/h6-8,13,15,25H,9-12H2,1-5H3,(H,33,34)/t15-/m1/s1. The molecule has 0 bridgehead atoms. The van der Waals surface area contributed by atoms with Crippen molar-refractivity contribution in [2.45, 2.75) is 51.7 Å². The highest BCUT2D eigenvalue weighted by Gasteiger charge is 2.40. The Bertz CT molecular complexity index is 1540. The zero-order valence-corrected chi connectivity index (χ0v) is 22.4. The molecule has 0 spiro atoms. The second kappa shape index (κ2) is 10.7. The molecular weight excluding hydrogens is 511 g/mol. The molecule has 1 aliphatic rings. The summed E-state index contributed by atoms with van der Waals surface area (Å²) in [5.74, 6) is -0.806. The minimum atomic E-state index is -2.97. The molecule has 0 unspecified atom stereocenters. The lowest BCUT2D eigenvalue weighted by Gasteiger charge is -2.40. The van der Waals surface area contributed by atoms with E-state index in [1.807, 2.05) is 0 Å². The number of alkyl halides is 2. The number of nitrogens with one attached hydrogen (secondary N) is 1. The summed E-state index contributed by atoms with van der Waals surface area (Å²) >= 11 is 0. The number of benzene rings is 1. The van der Waals surface area contributed by atoms with Crippen LogP contribution in [0.2, 0.25) is 0 Å². The molecule has 39 heavy (non-hydrogen) atoms. The van der Waals surface area contributed by atoms with Gasteiger partial charge in [0.2, 0.25) is 5.91 Å². The largest absolute Gasteiger partial charge is 0.373 e. The molecule has 3 aromatic rings. The number of ether oxygens (including phenoxy) is 1. The van der Waals surface area contributed by atoms with E-state index < -0.39 is 29.4 Å². The first-order valence-electron chi connectivity index (χ1n) is 12.5. The highest BCUT2D eigenvalue weighted by molar-refractivity contribution is 5.94. The minimum Gasteiger partial charge on any atom is -0.373 e. The highest BCUT2D eigenvalue weighted by Crippen LogP contribution is 2.38. The summed E-state index contributed by atoms with van der Waals surface area (Å²) in [5.41, 5.74) is -0.760. The average molecular weight is 542 g/mol. The minimum absolute atomic E-state index is 0.0276. The van der Waals surface area contributed by atoms with Crippen LogP contribution < -0.4 is 10.9 Å². The molecule has 4 rings (SSSR count). The van der Waals surface area contributed by atoms with E-state index in [1.165, 1.54) is 30.7 Å². The summed E-state index contributed by atoms with van der Waals surface area (Å²) in [6.45, 7) is 5.54. The van der Waals surface area contributed by atoms with E-state index in [2.05, 4.69) is 16.4 Å². The SMILES string of the molecule is COC1(c2cc3c(N[C@H](C)c4cccc(C(F)F)c4F)nc(C)c(C#N)c3n(C)c2=O)CCN(C(C)=O)CC1. The van der Waals surface area contributed by atoms with Crippen LogP contribution in [0.4, 0.5) is 19.0 Å². The van der Waals surface area contributed by atoms with Gasteiger partial charge in [-0.25, -0.2) is 18.2 Å². The maximum atomic E-state index is 14.9. The number of piperidine rings is 1. The molecule has 0 saturated carbocycles. The van der Waals surface area contributed by atoms with Crippen molar-refractivity contribution in [3.63, 3.8) is 0 Å². The van der Waals surface area contributed by atoms with Crippen LogP contribution in [0.5, 0.6) is 0 Å². The average Bonchev–Trinajstić information content (AvgIpc) is 2.90. The van der Waals surface area contributed by atoms with Crippen molar-refractivity contribution in [3.8, 4) is 6.07 Å². The number of aryl methyl sites for hydroxylation is 2. The Balaban J connectivity index is 1.89. The molecule has 8 nitrogen and oxygen atoms in total. The maximum Gasteiger partial charge on any atom is 0.266 e. The van der Waals surface area contributed by atoms with Gasteiger partial charge in [-0.2, -0.15) is 5.26 Å². The van der Waals surface area contributed by atoms with Gasteiger partial charge in [-0.3, -0.25) is 9.59 Å². The van der Waals surface area contributed by atoms with Crippen LogP contribution in [0.3, 0.4) is 0 Å². The van der Waals surface area contributed by atoms with Crippen LogP contribution >= 0.6 is 0 Å².